The second kappa shape index (κ2) is 6.05. The third-order valence-corrected chi connectivity index (χ3v) is 5.62. The lowest BCUT2D eigenvalue weighted by Crippen LogP contribution is -2.25. The van der Waals surface area contributed by atoms with Crippen molar-refractivity contribution in [1.82, 2.24) is 4.72 Å². The maximum atomic E-state index is 12.7. The SMILES string of the molecule is O=C1c2ccccc2C(=O)c2cc(S(=O)(=O)NCc3ccco3)ccc21. The third-order valence-electron chi connectivity index (χ3n) is 4.22. The van der Waals surface area contributed by atoms with E-state index in [0.717, 1.165) is 0 Å². The van der Waals surface area contributed by atoms with Gasteiger partial charge in [0.25, 0.3) is 0 Å². The maximum absolute atomic E-state index is 12.7. The Bertz CT molecular complexity index is 1130. The molecule has 6 nitrogen and oxygen atoms in total. The Hall–Kier alpha value is -3.03. The normalized spacial score (nSPS) is 13.4. The molecule has 1 aliphatic rings. The molecule has 0 saturated heterocycles. The average Bonchev–Trinajstić information content (AvgIpc) is 3.18. The van der Waals surface area contributed by atoms with Crippen molar-refractivity contribution in [2.75, 3.05) is 0 Å². The lowest BCUT2D eigenvalue weighted by Gasteiger charge is -2.18. The molecule has 2 aromatic carbocycles. The highest BCUT2D eigenvalue weighted by atomic mass is 32.2. The number of furan rings is 1. The number of carbonyl (C=O) groups is 2. The topological polar surface area (TPSA) is 93.5 Å². The number of rotatable bonds is 4. The van der Waals surface area contributed by atoms with Crippen LogP contribution < -0.4 is 4.72 Å². The summed E-state index contributed by atoms with van der Waals surface area (Å²) in [5.74, 6) is -0.187. The molecular formula is C19H13NO5S. The van der Waals surface area contributed by atoms with Gasteiger partial charge in [-0.15, -0.1) is 0 Å². The van der Waals surface area contributed by atoms with Crippen LogP contribution in [0.15, 0.2) is 70.2 Å². The van der Waals surface area contributed by atoms with Gasteiger partial charge in [-0.25, -0.2) is 13.1 Å². The molecule has 0 unspecified atom stereocenters. The van der Waals surface area contributed by atoms with E-state index in [9.17, 15) is 18.0 Å². The first kappa shape index (κ1) is 16.4. The van der Waals surface area contributed by atoms with E-state index >= 15 is 0 Å². The summed E-state index contributed by atoms with van der Waals surface area (Å²) in [4.78, 5) is 25.2. The van der Waals surface area contributed by atoms with Crippen LogP contribution in [0.1, 0.15) is 37.6 Å². The minimum Gasteiger partial charge on any atom is -0.468 e. The lowest BCUT2D eigenvalue weighted by molar-refractivity contribution is 0.0979. The summed E-state index contributed by atoms with van der Waals surface area (Å²) in [6.07, 6.45) is 1.45. The van der Waals surface area contributed by atoms with Crippen molar-refractivity contribution in [2.24, 2.45) is 0 Å². The summed E-state index contributed by atoms with van der Waals surface area (Å²) < 4.78 is 32.5. The zero-order chi connectivity index (χ0) is 18.3. The second-order valence-electron chi connectivity index (χ2n) is 5.82. The Balaban J connectivity index is 1.71. The summed E-state index contributed by atoms with van der Waals surface area (Å²) in [7, 11) is -3.86. The fourth-order valence-corrected chi connectivity index (χ4v) is 3.93. The van der Waals surface area contributed by atoms with E-state index in [0.29, 0.717) is 11.3 Å². The molecular weight excluding hydrogens is 354 g/mol. The van der Waals surface area contributed by atoms with E-state index in [2.05, 4.69) is 4.72 Å². The Morgan fingerprint density at radius 1 is 0.808 bits per heavy atom. The van der Waals surface area contributed by atoms with Gasteiger partial charge in [-0.05, 0) is 30.3 Å². The predicted octanol–water partition coefficient (Wildman–Crippen LogP) is 2.53. The largest absolute Gasteiger partial charge is 0.468 e. The standard InChI is InChI=1S/C19H13NO5S/c21-18-14-5-1-2-6-15(14)19(22)17-10-13(7-8-16(17)18)26(23,24)20-11-12-4-3-9-25-12/h1-10,20H,11H2. The van der Waals surface area contributed by atoms with E-state index in [1.807, 2.05) is 0 Å². The molecule has 1 aliphatic carbocycles. The fourth-order valence-electron chi connectivity index (χ4n) is 2.91. The number of benzene rings is 2. The monoisotopic (exact) mass is 367 g/mol. The summed E-state index contributed by atoms with van der Waals surface area (Å²) in [6, 6.07) is 13.8. The number of sulfonamides is 1. The van der Waals surface area contributed by atoms with Crippen molar-refractivity contribution in [3.63, 3.8) is 0 Å². The highest BCUT2D eigenvalue weighted by Gasteiger charge is 2.30. The second-order valence-corrected chi connectivity index (χ2v) is 7.58. The van der Waals surface area contributed by atoms with E-state index < -0.39 is 10.0 Å². The van der Waals surface area contributed by atoms with E-state index in [-0.39, 0.29) is 39.7 Å². The molecule has 1 heterocycles. The predicted molar refractivity (Wildman–Crippen MR) is 92.5 cm³/mol. The molecule has 0 atom stereocenters. The molecule has 0 spiro atoms. The number of nitrogens with one attached hydrogen (secondary N) is 1. The van der Waals surface area contributed by atoms with Crippen LogP contribution in [-0.2, 0) is 16.6 Å². The van der Waals surface area contributed by atoms with Crippen LogP contribution in [0, 0.1) is 0 Å². The van der Waals surface area contributed by atoms with Crippen molar-refractivity contribution < 1.29 is 22.4 Å². The minimum absolute atomic E-state index is 0.0118. The van der Waals surface area contributed by atoms with Gasteiger partial charge in [0.15, 0.2) is 11.6 Å². The van der Waals surface area contributed by atoms with Crippen LogP contribution in [-0.4, -0.2) is 20.0 Å². The van der Waals surface area contributed by atoms with Crippen LogP contribution in [0.2, 0.25) is 0 Å². The van der Waals surface area contributed by atoms with Gasteiger partial charge in [0, 0.05) is 22.3 Å². The number of fused-ring (bicyclic) bond motifs is 2. The summed E-state index contributed by atoms with van der Waals surface area (Å²) in [6.45, 7) is -0.0118. The molecule has 4 rings (SSSR count). The van der Waals surface area contributed by atoms with Gasteiger partial charge < -0.3 is 4.42 Å². The highest BCUT2D eigenvalue weighted by molar-refractivity contribution is 7.89. The quantitative estimate of drug-likeness (QED) is 0.598. The van der Waals surface area contributed by atoms with Crippen LogP contribution in [0.4, 0.5) is 0 Å². The molecule has 0 radical (unpaired) electrons. The van der Waals surface area contributed by atoms with Gasteiger partial charge >= 0.3 is 0 Å². The van der Waals surface area contributed by atoms with Crippen molar-refractivity contribution in [3.05, 3.63) is 88.9 Å². The number of hydrogen-bond acceptors (Lipinski definition) is 5. The van der Waals surface area contributed by atoms with Gasteiger partial charge in [0.05, 0.1) is 17.7 Å². The van der Waals surface area contributed by atoms with Gasteiger partial charge in [-0.3, -0.25) is 9.59 Å². The zero-order valence-corrected chi connectivity index (χ0v) is 14.2. The summed E-state index contributed by atoms with van der Waals surface area (Å²) in [5.41, 5.74) is 0.910. The first-order chi connectivity index (χ1) is 12.5. The highest BCUT2D eigenvalue weighted by Crippen LogP contribution is 2.28. The molecule has 130 valence electrons. The molecule has 1 aromatic heterocycles. The first-order valence-electron chi connectivity index (χ1n) is 7.82. The van der Waals surface area contributed by atoms with E-state index in [4.69, 9.17) is 4.42 Å². The van der Waals surface area contributed by atoms with Crippen molar-refractivity contribution in [2.45, 2.75) is 11.4 Å². The maximum Gasteiger partial charge on any atom is 0.240 e. The van der Waals surface area contributed by atoms with Gasteiger partial charge in [-0.2, -0.15) is 0 Å². The Kier molecular flexibility index (Phi) is 3.82. The van der Waals surface area contributed by atoms with Crippen LogP contribution in [0.3, 0.4) is 0 Å². The number of carbonyl (C=O) groups excluding carboxylic acids is 2. The van der Waals surface area contributed by atoms with Crippen molar-refractivity contribution in [3.8, 4) is 0 Å². The number of hydrogen-bond donors (Lipinski definition) is 1. The fraction of sp³-hybridized carbons (Fsp3) is 0.0526. The van der Waals surface area contributed by atoms with Gasteiger partial charge in [0.2, 0.25) is 10.0 Å². The molecule has 1 N–H and O–H groups in total. The van der Waals surface area contributed by atoms with Crippen molar-refractivity contribution >= 4 is 21.6 Å². The van der Waals surface area contributed by atoms with Crippen molar-refractivity contribution in [1.29, 1.82) is 0 Å². The third kappa shape index (κ3) is 2.67. The van der Waals surface area contributed by atoms with E-state index in [1.165, 1.54) is 24.5 Å². The molecule has 3 aromatic rings. The zero-order valence-electron chi connectivity index (χ0n) is 13.4. The molecule has 0 bridgehead atoms. The molecule has 0 amide bonds. The first-order valence-corrected chi connectivity index (χ1v) is 9.30. The molecule has 26 heavy (non-hydrogen) atoms. The lowest BCUT2D eigenvalue weighted by atomic mass is 9.84. The smallest absolute Gasteiger partial charge is 0.240 e. The van der Waals surface area contributed by atoms with E-state index in [1.54, 1.807) is 36.4 Å². The van der Waals surface area contributed by atoms with Gasteiger partial charge in [-0.1, -0.05) is 24.3 Å². The molecule has 7 heteroatoms. The van der Waals surface area contributed by atoms with Crippen LogP contribution in [0.25, 0.3) is 0 Å². The molecule has 0 fully saturated rings. The average molecular weight is 367 g/mol. The van der Waals surface area contributed by atoms with Gasteiger partial charge in [0.1, 0.15) is 5.76 Å². The Labute approximate surface area is 149 Å². The molecule has 0 aliphatic heterocycles. The number of ketones is 2. The summed E-state index contributed by atoms with van der Waals surface area (Å²) in [5, 5.41) is 0. The Morgan fingerprint density at radius 3 is 2.12 bits per heavy atom. The molecule has 0 saturated carbocycles. The van der Waals surface area contributed by atoms with Crippen LogP contribution in [0.5, 0.6) is 0 Å². The summed E-state index contributed by atoms with van der Waals surface area (Å²) >= 11 is 0. The minimum atomic E-state index is -3.86. The Morgan fingerprint density at radius 2 is 1.46 bits per heavy atom. The van der Waals surface area contributed by atoms with Crippen LogP contribution >= 0.6 is 0 Å².